The fourth-order valence-electron chi connectivity index (χ4n) is 3.33. The Hall–Kier alpha value is -1.79. The molecule has 1 fully saturated rings. The molecule has 2 aromatic rings. The van der Waals surface area contributed by atoms with E-state index in [9.17, 15) is 13.2 Å². The number of aromatic amines is 1. The predicted molar refractivity (Wildman–Crippen MR) is 78.8 cm³/mol. The van der Waals surface area contributed by atoms with Crippen LogP contribution in [-0.4, -0.2) is 28.0 Å². The highest BCUT2D eigenvalue weighted by Crippen LogP contribution is 2.34. The van der Waals surface area contributed by atoms with Gasteiger partial charge in [0.05, 0.1) is 5.39 Å². The van der Waals surface area contributed by atoms with E-state index in [1.54, 1.807) is 6.92 Å². The summed E-state index contributed by atoms with van der Waals surface area (Å²) in [6.45, 7) is 7.48. The third-order valence-corrected chi connectivity index (χ3v) is 4.02. The van der Waals surface area contributed by atoms with Gasteiger partial charge in [0, 0.05) is 18.8 Å². The van der Waals surface area contributed by atoms with Crippen molar-refractivity contribution in [2.24, 2.45) is 11.8 Å². The lowest BCUT2D eigenvalue weighted by molar-refractivity contribution is -0.144. The number of rotatable bonds is 1. The summed E-state index contributed by atoms with van der Waals surface area (Å²) in [6.07, 6.45) is -3.46. The first-order valence-electron chi connectivity index (χ1n) is 7.43. The third-order valence-electron chi connectivity index (χ3n) is 4.02. The molecule has 22 heavy (non-hydrogen) atoms. The molecule has 0 radical (unpaired) electrons. The van der Waals surface area contributed by atoms with Crippen LogP contribution in [0.3, 0.4) is 0 Å². The minimum atomic E-state index is -4.55. The Bertz CT molecular complexity index is 682. The zero-order valence-corrected chi connectivity index (χ0v) is 12.8. The molecule has 1 aliphatic heterocycles. The van der Waals surface area contributed by atoms with Crippen LogP contribution in [0.15, 0.2) is 6.07 Å². The molecule has 0 spiro atoms. The van der Waals surface area contributed by atoms with Gasteiger partial charge < -0.3 is 9.88 Å². The molecular formula is C15H19F3N4. The van der Waals surface area contributed by atoms with E-state index in [1.807, 2.05) is 11.0 Å². The van der Waals surface area contributed by atoms with Crippen LogP contribution in [-0.2, 0) is 6.18 Å². The maximum Gasteiger partial charge on any atom is 0.451 e. The first kappa shape index (κ1) is 15.1. The van der Waals surface area contributed by atoms with Gasteiger partial charge in [0.15, 0.2) is 0 Å². The minimum Gasteiger partial charge on any atom is -0.355 e. The number of anilines is 1. The molecule has 1 aliphatic rings. The van der Waals surface area contributed by atoms with Gasteiger partial charge in [-0.05, 0) is 31.2 Å². The van der Waals surface area contributed by atoms with Crippen molar-refractivity contribution in [3.63, 3.8) is 0 Å². The van der Waals surface area contributed by atoms with Gasteiger partial charge >= 0.3 is 6.18 Å². The number of alkyl halides is 3. The molecule has 0 saturated carbocycles. The molecule has 0 amide bonds. The quantitative estimate of drug-likeness (QED) is 0.872. The maximum atomic E-state index is 13.1. The third kappa shape index (κ3) is 2.76. The van der Waals surface area contributed by atoms with Crippen molar-refractivity contribution < 1.29 is 13.2 Å². The van der Waals surface area contributed by atoms with E-state index in [-0.39, 0.29) is 5.65 Å². The number of hydrogen-bond donors (Lipinski definition) is 1. The monoisotopic (exact) mass is 312 g/mol. The van der Waals surface area contributed by atoms with E-state index in [0.29, 0.717) is 23.0 Å². The van der Waals surface area contributed by atoms with Gasteiger partial charge in [0.1, 0.15) is 11.5 Å². The molecule has 0 bridgehead atoms. The molecule has 7 heteroatoms. The van der Waals surface area contributed by atoms with E-state index < -0.39 is 12.0 Å². The number of nitrogens with one attached hydrogen (secondary N) is 1. The van der Waals surface area contributed by atoms with Crippen LogP contribution in [0.4, 0.5) is 19.0 Å². The number of H-pyrrole nitrogens is 1. The summed E-state index contributed by atoms with van der Waals surface area (Å²) in [4.78, 5) is 12.3. The second kappa shape index (κ2) is 5.14. The first-order valence-corrected chi connectivity index (χ1v) is 7.43. The van der Waals surface area contributed by atoms with Gasteiger partial charge in [-0.1, -0.05) is 13.8 Å². The highest BCUT2D eigenvalue weighted by Gasteiger charge is 2.37. The van der Waals surface area contributed by atoms with Gasteiger partial charge in [0.2, 0.25) is 5.82 Å². The highest BCUT2D eigenvalue weighted by atomic mass is 19.4. The summed E-state index contributed by atoms with van der Waals surface area (Å²) in [5.41, 5.74) is 1.03. The Morgan fingerprint density at radius 2 is 1.82 bits per heavy atom. The molecule has 4 nitrogen and oxygen atoms in total. The molecular weight excluding hydrogens is 293 g/mol. The number of fused-ring (bicyclic) bond motifs is 1. The molecule has 3 rings (SSSR count). The Kier molecular flexibility index (Phi) is 3.53. The summed E-state index contributed by atoms with van der Waals surface area (Å²) < 4.78 is 39.2. The Balaban J connectivity index is 2.14. The van der Waals surface area contributed by atoms with Crippen LogP contribution < -0.4 is 4.90 Å². The van der Waals surface area contributed by atoms with Crippen LogP contribution in [0.1, 0.15) is 31.8 Å². The van der Waals surface area contributed by atoms with E-state index in [1.165, 1.54) is 0 Å². The van der Waals surface area contributed by atoms with E-state index >= 15 is 0 Å². The summed E-state index contributed by atoms with van der Waals surface area (Å²) in [5.74, 6) is 0.175. The zero-order chi connectivity index (χ0) is 16.1. The number of halogens is 3. The van der Waals surface area contributed by atoms with Crippen LogP contribution in [0.2, 0.25) is 0 Å². The van der Waals surface area contributed by atoms with Crippen LogP contribution >= 0.6 is 0 Å². The maximum absolute atomic E-state index is 13.1. The van der Waals surface area contributed by atoms with Crippen molar-refractivity contribution in [2.75, 3.05) is 18.0 Å². The number of piperidine rings is 1. The first-order chi connectivity index (χ1) is 10.2. The Morgan fingerprint density at radius 3 is 2.41 bits per heavy atom. The van der Waals surface area contributed by atoms with Gasteiger partial charge in [-0.2, -0.15) is 13.2 Å². The van der Waals surface area contributed by atoms with Gasteiger partial charge in [-0.25, -0.2) is 9.97 Å². The molecule has 0 aliphatic carbocycles. The van der Waals surface area contributed by atoms with Gasteiger partial charge in [-0.15, -0.1) is 0 Å². The van der Waals surface area contributed by atoms with Crippen molar-refractivity contribution in [3.8, 4) is 0 Å². The summed E-state index contributed by atoms with van der Waals surface area (Å²) in [5, 5.41) is 0.659. The van der Waals surface area contributed by atoms with Crippen LogP contribution in [0.25, 0.3) is 11.0 Å². The second-order valence-corrected chi connectivity index (χ2v) is 6.43. The SMILES string of the molecule is Cc1cc2c(N3CC(C)CC(C)C3)nc(C(F)(F)F)nc2[nH]1. The Labute approximate surface area is 126 Å². The summed E-state index contributed by atoms with van der Waals surface area (Å²) >= 11 is 0. The van der Waals surface area contributed by atoms with Crippen molar-refractivity contribution in [2.45, 2.75) is 33.4 Å². The summed E-state index contributed by atoms with van der Waals surface area (Å²) in [7, 11) is 0. The average Bonchev–Trinajstić information content (AvgIpc) is 2.75. The minimum absolute atomic E-state index is 0.251. The van der Waals surface area contributed by atoms with Gasteiger partial charge in [0.25, 0.3) is 0 Å². The average molecular weight is 312 g/mol. The fourth-order valence-corrected chi connectivity index (χ4v) is 3.33. The largest absolute Gasteiger partial charge is 0.451 e. The molecule has 1 N–H and O–H groups in total. The van der Waals surface area contributed by atoms with Crippen LogP contribution in [0, 0.1) is 18.8 Å². The lowest BCUT2D eigenvalue weighted by Crippen LogP contribution is -2.39. The molecule has 2 aromatic heterocycles. The number of hydrogen-bond acceptors (Lipinski definition) is 3. The van der Waals surface area contributed by atoms with Crippen molar-refractivity contribution >= 4 is 16.9 Å². The van der Waals surface area contributed by atoms with Crippen molar-refractivity contribution in [3.05, 3.63) is 17.6 Å². The predicted octanol–water partition coefficient (Wildman–Crippen LogP) is 3.77. The van der Waals surface area contributed by atoms with Gasteiger partial charge in [-0.3, -0.25) is 0 Å². The molecule has 120 valence electrons. The number of aryl methyl sites for hydroxylation is 1. The highest BCUT2D eigenvalue weighted by molar-refractivity contribution is 5.88. The molecule has 2 unspecified atom stereocenters. The smallest absolute Gasteiger partial charge is 0.355 e. The lowest BCUT2D eigenvalue weighted by Gasteiger charge is -2.36. The van der Waals surface area contributed by atoms with Crippen molar-refractivity contribution in [1.82, 2.24) is 15.0 Å². The molecule has 2 atom stereocenters. The fraction of sp³-hybridized carbons (Fsp3) is 0.600. The number of aromatic nitrogens is 3. The standard InChI is InChI=1S/C15H19F3N4/c1-8-4-9(2)7-22(6-8)13-11-5-10(3)19-12(11)20-14(21-13)15(16,17)18/h5,8-9H,4,6-7H2,1-3H3,(H,19,20,21). The van der Waals surface area contributed by atoms with E-state index in [4.69, 9.17) is 0 Å². The molecule has 1 saturated heterocycles. The Morgan fingerprint density at radius 1 is 1.18 bits per heavy atom. The zero-order valence-electron chi connectivity index (χ0n) is 12.8. The van der Waals surface area contributed by atoms with Crippen molar-refractivity contribution in [1.29, 1.82) is 0 Å². The molecule has 0 aromatic carbocycles. The summed E-state index contributed by atoms with van der Waals surface area (Å²) in [6, 6.07) is 1.81. The van der Waals surface area contributed by atoms with Crippen LogP contribution in [0.5, 0.6) is 0 Å². The second-order valence-electron chi connectivity index (χ2n) is 6.43. The number of nitrogens with zero attached hydrogens (tertiary/aromatic N) is 3. The van der Waals surface area contributed by atoms with E-state index in [2.05, 4.69) is 28.8 Å². The lowest BCUT2D eigenvalue weighted by atomic mass is 9.92. The topological polar surface area (TPSA) is 44.8 Å². The van der Waals surface area contributed by atoms with E-state index in [0.717, 1.165) is 25.2 Å². The normalized spacial score (nSPS) is 23.3. The molecule has 3 heterocycles.